The molecule has 1 amide bonds. The lowest BCUT2D eigenvalue weighted by atomic mass is 9.81. The van der Waals surface area contributed by atoms with Crippen molar-refractivity contribution in [3.8, 4) is 5.75 Å². The smallest absolute Gasteiger partial charge is 0.308 e. The summed E-state index contributed by atoms with van der Waals surface area (Å²) in [5.41, 5.74) is 5.94. The van der Waals surface area contributed by atoms with Gasteiger partial charge in [0.1, 0.15) is 5.75 Å². The molecule has 0 unspecified atom stereocenters. The van der Waals surface area contributed by atoms with E-state index >= 15 is 0 Å². The largest absolute Gasteiger partial charge is 0.493 e. The van der Waals surface area contributed by atoms with Gasteiger partial charge in [-0.25, -0.2) is 0 Å². The fourth-order valence-electron chi connectivity index (χ4n) is 2.20. The van der Waals surface area contributed by atoms with Gasteiger partial charge in [-0.3, -0.25) is 9.59 Å². The summed E-state index contributed by atoms with van der Waals surface area (Å²) >= 11 is 0. The predicted molar refractivity (Wildman–Crippen MR) is 96.5 cm³/mol. The van der Waals surface area contributed by atoms with Crippen LogP contribution in [0.4, 0.5) is 5.69 Å². The average molecular weight is 359 g/mol. The number of methoxy groups -OCH3 is 1. The zero-order valence-corrected chi connectivity index (χ0v) is 15.3. The highest BCUT2D eigenvalue weighted by atomic mass is 35.5. The predicted octanol–water partition coefficient (Wildman–Crippen LogP) is 2.75. The Morgan fingerprint density at radius 3 is 2.21 bits per heavy atom. The molecule has 1 aromatic carbocycles. The van der Waals surface area contributed by atoms with Crippen molar-refractivity contribution in [2.75, 3.05) is 25.6 Å². The van der Waals surface area contributed by atoms with Crippen LogP contribution in [0.25, 0.3) is 0 Å². The number of benzene rings is 1. The van der Waals surface area contributed by atoms with E-state index < -0.39 is 5.41 Å². The van der Waals surface area contributed by atoms with Crippen LogP contribution in [0, 0.1) is 5.41 Å². The summed E-state index contributed by atoms with van der Waals surface area (Å²) < 4.78 is 9.97. The lowest BCUT2D eigenvalue weighted by Crippen LogP contribution is -2.41. The minimum Gasteiger partial charge on any atom is -0.493 e. The Hall–Kier alpha value is -1.79. The first-order valence-electron chi connectivity index (χ1n) is 7.82. The van der Waals surface area contributed by atoms with Crippen molar-refractivity contribution in [1.29, 1.82) is 0 Å². The van der Waals surface area contributed by atoms with E-state index in [1.54, 1.807) is 24.3 Å². The van der Waals surface area contributed by atoms with Gasteiger partial charge in [0.25, 0.3) is 0 Å². The molecular formula is C17H27ClN2O4. The van der Waals surface area contributed by atoms with E-state index in [4.69, 9.17) is 10.5 Å². The fraction of sp³-hybridized carbons (Fsp3) is 0.529. The Kier molecular flexibility index (Phi) is 10.1. The minimum absolute atomic E-state index is 0. The summed E-state index contributed by atoms with van der Waals surface area (Å²) in [6.07, 6.45) is 1.59. The van der Waals surface area contributed by atoms with Gasteiger partial charge < -0.3 is 20.5 Å². The Labute approximate surface area is 149 Å². The molecule has 0 saturated carbocycles. The van der Waals surface area contributed by atoms with Crippen LogP contribution < -0.4 is 15.8 Å². The molecule has 1 rings (SSSR count). The number of hydrogen-bond donors (Lipinski definition) is 2. The second-order valence-electron chi connectivity index (χ2n) is 5.34. The van der Waals surface area contributed by atoms with Gasteiger partial charge in [0, 0.05) is 12.2 Å². The summed E-state index contributed by atoms with van der Waals surface area (Å²) in [5.74, 6) is 0.249. The van der Waals surface area contributed by atoms with Crippen LogP contribution in [0.1, 0.15) is 33.1 Å². The highest BCUT2D eigenvalue weighted by Gasteiger charge is 2.33. The molecular weight excluding hydrogens is 332 g/mol. The maximum Gasteiger partial charge on any atom is 0.308 e. The topological polar surface area (TPSA) is 90.7 Å². The van der Waals surface area contributed by atoms with Crippen LogP contribution in [0.3, 0.4) is 0 Å². The van der Waals surface area contributed by atoms with Gasteiger partial charge in [-0.1, -0.05) is 13.8 Å². The number of anilines is 1. The standard InChI is InChI=1S/C17H26N2O4.ClH/c1-4-17(5-2,12-18)16(21)19-13-6-8-14(9-7-13)23-11-10-15(20)22-3;/h6-9H,4-5,10-12,18H2,1-3H3,(H,19,21);1H. The fourth-order valence-corrected chi connectivity index (χ4v) is 2.20. The molecule has 0 aromatic heterocycles. The van der Waals surface area contributed by atoms with E-state index in [1.807, 2.05) is 13.8 Å². The van der Waals surface area contributed by atoms with Gasteiger partial charge in [0.2, 0.25) is 5.91 Å². The van der Waals surface area contributed by atoms with E-state index in [0.717, 1.165) is 0 Å². The normalized spacial score (nSPS) is 10.5. The third-order valence-electron chi connectivity index (χ3n) is 4.14. The number of carbonyl (C=O) groups excluding carboxylic acids is 2. The third kappa shape index (κ3) is 6.02. The van der Waals surface area contributed by atoms with E-state index in [-0.39, 0.29) is 37.3 Å². The van der Waals surface area contributed by atoms with E-state index in [2.05, 4.69) is 10.1 Å². The van der Waals surface area contributed by atoms with Crippen molar-refractivity contribution < 1.29 is 19.1 Å². The van der Waals surface area contributed by atoms with Gasteiger partial charge in [-0.2, -0.15) is 0 Å². The van der Waals surface area contributed by atoms with Crippen LogP contribution in [-0.4, -0.2) is 32.1 Å². The van der Waals surface area contributed by atoms with Gasteiger partial charge in [0.15, 0.2) is 0 Å². The molecule has 0 aliphatic heterocycles. The molecule has 0 radical (unpaired) electrons. The summed E-state index contributed by atoms with van der Waals surface area (Å²) in [7, 11) is 1.34. The van der Waals surface area contributed by atoms with Crippen LogP contribution >= 0.6 is 12.4 Å². The number of ether oxygens (including phenoxy) is 2. The summed E-state index contributed by atoms with van der Waals surface area (Å²) in [6, 6.07) is 7.01. The number of rotatable bonds is 9. The number of halogens is 1. The number of hydrogen-bond acceptors (Lipinski definition) is 5. The second kappa shape index (κ2) is 10.9. The highest BCUT2D eigenvalue weighted by molar-refractivity contribution is 5.95. The van der Waals surface area contributed by atoms with Gasteiger partial charge >= 0.3 is 5.97 Å². The molecule has 0 fully saturated rings. The third-order valence-corrected chi connectivity index (χ3v) is 4.14. The zero-order valence-electron chi connectivity index (χ0n) is 14.5. The number of nitrogens with two attached hydrogens (primary N) is 1. The van der Waals surface area contributed by atoms with E-state index in [0.29, 0.717) is 30.8 Å². The Bertz CT molecular complexity index is 508. The quantitative estimate of drug-likeness (QED) is 0.662. The van der Waals surface area contributed by atoms with Crippen LogP contribution in [0.5, 0.6) is 5.75 Å². The lowest BCUT2D eigenvalue weighted by Gasteiger charge is -2.28. The first-order valence-corrected chi connectivity index (χ1v) is 7.82. The van der Waals surface area contributed by atoms with Gasteiger partial charge in [-0.05, 0) is 37.1 Å². The molecule has 6 nitrogen and oxygen atoms in total. The number of esters is 1. The molecule has 0 atom stereocenters. The maximum atomic E-state index is 12.4. The molecule has 24 heavy (non-hydrogen) atoms. The molecule has 0 bridgehead atoms. The van der Waals surface area contributed by atoms with Crippen molar-refractivity contribution in [3.63, 3.8) is 0 Å². The molecule has 1 aromatic rings. The van der Waals surface area contributed by atoms with Crippen molar-refractivity contribution >= 4 is 30.0 Å². The summed E-state index contributed by atoms with van der Waals surface area (Å²) in [5, 5.41) is 2.90. The van der Waals surface area contributed by atoms with Crippen LogP contribution in [0.2, 0.25) is 0 Å². The molecule has 0 spiro atoms. The molecule has 7 heteroatoms. The average Bonchev–Trinajstić information content (AvgIpc) is 2.58. The molecule has 0 heterocycles. The number of amides is 1. The van der Waals surface area contributed by atoms with E-state index in [1.165, 1.54) is 7.11 Å². The highest BCUT2D eigenvalue weighted by Crippen LogP contribution is 2.27. The summed E-state index contributed by atoms with van der Waals surface area (Å²) in [4.78, 5) is 23.4. The Morgan fingerprint density at radius 1 is 1.17 bits per heavy atom. The van der Waals surface area contributed by atoms with Crippen molar-refractivity contribution in [2.45, 2.75) is 33.1 Å². The maximum absolute atomic E-state index is 12.4. The van der Waals surface area contributed by atoms with Crippen molar-refractivity contribution in [2.24, 2.45) is 11.1 Å². The Balaban J connectivity index is 0.00000529. The molecule has 3 N–H and O–H groups in total. The van der Waals surface area contributed by atoms with Crippen molar-refractivity contribution in [1.82, 2.24) is 0 Å². The SMILES string of the molecule is CCC(CC)(CN)C(=O)Nc1ccc(OCCC(=O)OC)cc1.Cl. The zero-order chi connectivity index (χ0) is 17.3. The first-order chi connectivity index (χ1) is 11.0. The monoisotopic (exact) mass is 358 g/mol. The second-order valence-corrected chi connectivity index (χ2v) is 5.34. The number of nitrogens with one attached hydrogen (secondary N) is 1. The summed E-state index contributed by atoms with van der Waals surface area (Å²) in [6.45, 7) is 4.50. The van der Waals surface area contributed by atoms with Gasteiger partial charge in [-0.15, -0.1) is 12.4 Å². The lowest BCUT2D eigenvalue weighted by molar-refractivity contribution is -0.141. The van der Waals surface area contributed by atoms with Gasteiger partial charge in [0.05, 0.1) is 25.6 Å². The molecule has 0 saturated heterocycles. The number of carbonyl (C=O) groups is 2. The van der Waals surface area contributed by atoms with Crippen molar-refractivity contribution in [3.05, 3.63) is 24.3 Å². The minimum atomic E-state index is -0.532. The van der Waals surface area contributed by atoms with Crippen LogP contribution in [-0.2, 0) is 14.3 Å². The van der Waals surface area contributed by atoms with Crippen LogP contribution in [0.15, 0.2) is 24.3 Å². The molecule has 136 valence electrons. The Morgan fingerprint density at radius 2 is 1.75 bits per heavy atom. The molecule has 0 aliphatic carbocycles. The van der Waals surface area contributed by atoms with E-state index in [9.17, 15) is 9.59 Å². The molecule has 0 aliphatic rings. The first kappa shape index (κ1) is 22.2.